The Labute approximate surface area is 150 Å². The molecule has 1 spiro atoms. The van der Waals surface area contributed by atoms with Crippen LogP contribution < -0.4 is 0 Å². The summed E-state index contributed by atoms with van der Waals surface area (Å²) < 4.78 is 0. The summed E-state index contributed by atoms with van der Waals surface area (Å²) in [6.45, 7) is 4.53. The molecule has 2 bridgehead atoms. The Morgan fingerprint density at radius 1 is 1.08 bits per heavy atom. The molecule has 0 N–H and O–H groups in total. The van der Waals surface area contributed by atoms with Crippen LogP contribution in [0.25, 0.3) is 10.8 Å². The summed E-state index contributed by atoms with van der Waals surface area (Å²) in [6, 6.07) is 11.6. The summed E-state index contributed by atoms with van der Waals surface area (Å²) in [4.78, 5) is 13.1. The first kappa shape index (κ1) is 15.4. The van der Waals surface area contributed by atoms with Crippen molar-refractivity contribution in [3.05, 3.63) is 58.7 Å². The zero-order valence-electron chi connectivity index (χ0n) is 15.3. The summed E-state index contributed by atoms with van der Waals surface area (Å²) in [7, 11) is 0. The molecule has 2 aromatic rings. The van der Waals surface area contributed by atoms with E-state index in [4.69, 9.17) is 0 Å². The molecule has 0 saturated heterocycles. The van der Waals surface area contributed by atoms with Crippen molar-refractivity contribution in [3.8, 4) is 0 Å². The molecule has 3 aliphatic carbocycles. The summed E-state index contributed by atoms with van der Waals surface area (Å²) >= 11 is 0. The number of hydrogen-bond donors (Lipinski definition) is 0. The van der Waals surface area contributed by atoms with Crippen LogP contribution in [-0.4, -0.2) is 5.78 Å². The summed E-state index contributed by atoms with van der Waals surface area (Å²) in [5, 5.41) is 2.63. The highest BCUT2D eigenvalue weighted by Crippen LogP contribution is 2.57. The average molecular weight is 330 g/mol. The van der Waals surface area contributed by atoms with Gasteiger partial charge in [-0.25, -0.2) is 0 Å². The predicted octanol–water partition coefficient (Wildman–Crippen LogP) is 5.43. The number of carbonyl (C=O) groups is 1. The quantitative estimate of drug-likeness (QED) is 0.671. The molecule has 0 aromatic heterocycles. The lowest BCUT2D eigenvalue weighted by Gasteiger charge is -2.39. The number of Topliss-reactive ketones (excluding diaryl/α,β-unsaturated/α-hetero) is 1. The highest BCUT2D eigenvalue weighted by molar-refractivity contribution is 5.93. The maximum atomic E-state index is 13.1. The SMILES string of the molecule is CC(C)Cc1ccc2cc3c(cc2c1)CC(=O)C1(CC2=CCC1C2)C3. The molecular weight excluding hydrogens is 304 g/mol. The van der Waals surface area contributed by atoms with E-state index >= 15 is 0 Å². The first-order valence-corrected chi connectivity index (χ1v) is 9.79. The van der Waals surface area contributed by atoms with Gasteiger partial charge in [0, 0.05) is 11.8 Å². The van der Waals surface area contributed by atoms with Gasteiger partial charge in [0.2, 0.25) is 0 Å². The van der Waals surface area contributed by atoms with Gasteiger partial charge in [0.25, 0.3) is 0 Å². The van der Waals surface area contributed by atoms with Crippen LogP contribution in [-0.2, 0) is 24.1 Å². The van der Waals surface area contributed by atoms with Gasteiger partial charge in [-0.1, -0.05) is 55.8 Å². The van der Waals surface area contributed by atoms with Crippen molar-refractivity contribution < 1.29 is 4.79 Å². The molecule has 0 heterocycles. The Bertz CT molecular complexity index is 917. The van der Waals surface area contributed by atoms with Crippen molar-refractivity contribution in [3.63, 3.8) is 0 Å². The van der Waals surface area contributed by atoms with E-state index < -0.39 is 0 Å². The summed E-state index contributed by atoms with van der Waals surface area (Å²) in [5.41, 5.74) is 5.59. The molecule has 0 amide bonds. The van der Waals surface area contributed by atoms with E-state index in [0.717, 1.165) is 25.7 Å². The first-order valence-electron chi connectivity index (χ1n) is 9.79. The second kappa shape index (κ2) is 5.30. The topological polar surface area (TPSA) is 17.1 Å². The number of fused-ring (bicyclic) bond motifs is 5. The van der Waals surface area contributed by atoms with Crippen LogP contribution in [0, 0.1) is 17.3 Å². The van der Waals surface area contributed by atoms with Crippen LogP contribution >= 0.6 is 0 Å². The molecule has 128 valence electrons. The highest BCUT2D eigenvalue weighted by atomic mass is 16.1. The van der Waals surface area contributed by atoms with E-state index in [1.54, 1.807) is 5.57 Å². The van der Waals surface area contributed by atoms with E-state index in [2.05, 4.69) is 50.3 Å². The standard InChI is InChI=1S/C24H26O/c1-15(2)7-16-3-5-18-10-21-14-24(13-17-4-6-22(24)9-17)23(25)12-20(21)11-19(18)8-16/h3-5,8,10-11,15,22H,6-7,9,12-14H2,1-2H3. The molecule has 0 aliphatic heterocycles. The first-order chi connectivity index (χ1) is 12.0. The normalized spacial score (nSPS) is 27.4. The third kappa shape index (κ3) is 2.32. The molecular formula is C24H26O. The zero-order chi connectivity index (χ0) is 17.2. The van der Waals surface area contributed by atoms with E-state index in [1.807, 2.05) is 0 Å². The Balaban J connectivity index is 1.55. The fourth-order valence-electron chi connectivity index (χ4n) is 5.60. The maximum Gasteiger partial charge on any atom is 0.144 e. The molecule has 2 unspecified atom stereocenters. The lowest BCUT2D eigenvalue weighted by Crippen LogP contribution is -2.42. The molecule has 1 heteroatoms. The van der Waals surface area contributed by atoms with Gasteiger partial charge in [0.05, 0.1) is 0 Å². The Morgan fingerprint density at radius 2 is 1.92 bits per heavy atom. The minimum absolute atomic E-state index is 0.0671. The zero-order valence-corrected chi connectivity index (χ0v) is 15.3. The van der Waals surface area contributed by atoms with E-state index in [-0.39, 0.29) is 5.41 Å². The van der Waals surface area contributed by atoms with E-state index in [0.29, 0.717) is 24.0 Å². The Morgan fingerprint density at radius 3 is 2.64 bits per heavy atom. The highest BCUT2D eigenvalue weighted by Gasteiger charge is 2.53. The Hall–Kier alpha value is -1.89. The smallest absolute Gasteiger partial charge is 0.144 e. The molecule has 1 saturated carbocycles. The van der Waals surface area contributed by atoms with Gasteiger partial charge in [0.1, 0.15) is 5.78 Å². The number of hydrogen-bond acceptors (Lipinski definition) is 1. The van der Waals surface area contributed by atoms with Crippen molar-refractivity contribution in [2.75, 3.05) is 0 Å². The minimum Gasteiger partial charge on any atom is -0.299 e. The van der Waals surface area contributed by atoms with Crippen molar-refractivity contribution in [1.82, 2.24) is 0 Å². The van der Waals surface area contributed by atoms with Gasteiger partial charge < -0.3 is 0 Å². The lowest BCUT2D eigenvalue weighted by molar-refractivity contribution is -0.131. The number of benzene rings is 2. The van der Waals surface area contributed by atoms with Crippen molar-refractivity contribution >= 4 is 16.6 Å². The second-order valence-corrected chi connectivity index (χ2v) is 9.01. The minimum atomic E-state index is -0.0671. The Kier molecular flexibility index (Phi) is 3.26. The van der Waals surface area contributed by atoms with Crippen molar-refractivity contribution in [2.45, 2.75) is 52.4 Å². The van der Waals surface area contributed by atoms with Crippen LogP contribution in [0.5, 0.6) is 0 Å². The second-order valence-electron chi connectivity index (χ2n) is 9.01. The fraction of sp³-hybridized carbons (Fsp3) is 0.458. The molecule has 2 aromatic carbocycles. The third-order valence-electron chi connectivity index (χ3n) is 6.80. The van der Waals surface area contributed by atoms with E-state index in [9.17, 15) is 4.79 Å². The van der Waals surface area contributed by atoms with Crippen LogP contribution in [0.1, 0.15) is 49.8 Å². The van der Waals surface area contributed by atoms with Gasteiger partial charge >= 0.3 is 0 Å². The fourth-order valence-corrected chi connectivity index (χ4v) is 5.60. The van der Waals surface area contributed by atoms with Crippen LogP contribution in [0.3, 0.4) is 0 Å². The van der Waals surface area contributed by atoms with Crippen LogP contribution in [0.15, 0.2) is 42.0 Å². The average Bonchev–Trinajstić information content (AvgIpc) is 3.15. The maximum absolute atomic E-state index is 13.1. The van der Waals surface area contributed by atoms with Gasteiger partial charge in [-0.2, -0.15) is 0 Å². The van der Waals surface area contributed by atoms with Gasteiger partial charge in [-0.3, -0.25) is 4.79 Å². The third-order valence-corrected chi connectivity index (χ3v) is 6.80. The largest absolute Gasteiger partial charge is 0.299 e. The molecule has 25 heavy (non-hydrogen) atoms. The predicted molar refractivity (Wildman–Crippen MR) is 103 cm³/mol. The molecule has 1 fully saturated rings. The van der Waals surface area contributed by atoms with Crippen LogP contribution in [0.2, 0.25) is 0 Å². The van der Waals surface area contributed by atoms with Crippen molar-refractivity contribution in [1.29, 1.82) is 0 Å². The van der Waals surface area contributed by atoms with Crippen molar-refractivity contribution in [2.24, 2.45) is 17.3 Å². The number of carbonyl (C=O) groups excluding carboxylic acids is 1. The number of rotatable bonds is 2. The number of allylic oxidation sites excluding steroid dienone is 2. The van der Waals surface area contributed by atoms with Crippen LogP contribution in [0.4, 0.5) is 0 Å². The molecule has 3 aliphatic rings. The monoisotopic (exact) mass is 330 g/mol. The molecule has 2 atom stereocenters. The molecule has 5 rings (SSSR count). The lowest BCUT2D eigenvalue weighted by atomic mass is 9.63. The summed E-state index contributed by atoms with van der Waals surface area (Å²) in [6.07, 6.45) is 8.44. The van der Waals surface area contributed by atoms with Gasteiger partial charge in [0.15, 0.2) is 0 Å². The van der Waals surface area contributed by atoms with Gasteiger partial charge in [-0.05, 0) is 71.4 Å². The van der Waals surface area contributed by atoms with Gasteiger partial charge in [-0.15, -0.1) is 0 Å². The summed E-state index contributed by atoms with van der Waals surface area (Å²) in [5.74, 6) is 1.75. The molecule has 1 nitrogen and oxygen atoms in total. The van der Waals surface area contributed by atoms with E-state index in [1.165, 1.54) is 33.9 Å². The molecule has 0 radical (unpaired) electrons. The number of ketones is 1.